The van der Waals surface area contributed by atoms with E-state index in [2.05, 4.69) is 30.7 Å². The largest absolute Gasteiger partial charge is 0.478 e. The van der Waals surface area contributed by atoms with Gasteiger partial charge in [0.05, 0.1) is 27.6 Å². The highest BCUT2D eigenvalue weighted by atomic mass is 32.1. The molecule has 1 aliphatic carbocycles. The smallest absolute Gasteiger partial charge is 0.337 e. The summed E-state index contributed by atoms with van der Waals surface area (Å²) >= 11 is 3.27. The Morgan fingerprint density at radius 1 is 1.23 bits per heavy atom. The number of nitrogens with two attached hydrogens (primary N) is 1. The molecule has 0 saturated carbocycles. The summed E-state index contributed by atoms with van der Waals surface area (Å²) in [6.07, 6.45) is 2.85. The van der Waals surface area contributed by atoms with E-state index in [1.807, 2.05) is 7.05 Å². The van der Waals surface area contributed by atoms with Crippen LogP contribution in [-0.4, -0.2) is 66.2 Å². The van der Waals surface area contributed by atoms with Crippen LogP contribution in [0.3, 0.4) is 0 Å². The van der Waals surface area contributed by atoms with Crippen LogP contribution in [-0.2, 0) is 19.4 Å². The number of fused-ring (bicyclic) bond motifs is 1. The minimum atomic E-state index is -0.832. The average Bonchev–Trinajstić information content (AvgIpc) is 3.21. The van der Waals surface area contributed by atoms with E-state index in [0.717, 1.165) is 71.6 Å². The van der Waals surface area contributed by atoms with E-state index in [9.17, 15) is 9.90 Å². The molecule has 1 aliphatic heterocycles. The predicted octanol–water partition coefficient (Wildman–Crippen LogP) is 3.14. The third-order valence-electron chi connectivity index (χ3n) is 6.05. The molecule has 1 saturated heterocycles. The zero-order valence-electron chi connectivity index (χ0n) is 18.2. The van der Waals surface area contributed by atoms with Crippen molar-refractivity contribution in [1.82, 2.24) is 14.9 Å². The summed E-state index contributed by atoms with van der Waals surface area (Å²) in [6.45, 7) is 8.82. The number of carbonyl (C=O) groups is 1. The number of hydrogen-bond donors (Lipinski definition) is 2. The fraction of sp³-hybridized carbons (Fsp3) is 0.619. The van der Waals surface area contributed by atoms with Crippen molar-refractivity contribution < 1.29 is 9.90 Å². The second kappa shape index (κ2) is 8.20. The average molecular weight is 450 g/mol. The Hall–Kier alpha value is -1.52. The van der Waals surface area contributed by atoms with E-state index in [4.69, 9.17) is 10.8 Å². The molecule has 2 aromatic rings. The summed E-state index contributed by atoms with van der Waals surface area (Å²) in [4.78, 5) is 25.0. The van der Waals surface area contributed by atoms with Crippen LogP contribution >= 0.6 is 22.7 Å². The highest BCUT2D eigenvalue weighted by Gasteiger charge is 2.34. The first-order valence-corrected chi connectivity index (χ1v) is 12.0. The molecule has 0 spiro atoms. The van der Waals surface area contributed by atoms with Gasteiger partial charge < -0.3 is 14.9 Å². The van der Waals surface area contributed by atoms with E-state index < -0.39 is 5.97 Å². The summed E-state index contributed by atoms with van der Waals surface area (Å²) < 4.78 is 0. The van der Waals surface area contributed by atoms with Crippen LogP contribution < -0.4 is 10.7 Å². The van der Waals surface area contributed by atoms with Crippen LogP contribution in [0.4, 0.5) is 5.13 Å². The zero-order chi connectivity index (χ0) is 21.6. The van der Waals surface area contributed by atoms with Crippen molar-refractivity contribution in [3.63, 3.8) is 0 Å². The molecule has 0 amide bonds. The first kappa shape index (κ1) is 21.7. The van der Waals surface area contributed by atoms with Crippen LogP contribution in [0.25, 0.3) is 9.75 Å². The van der Waals surface area contributed by atoms with Gasteiger partial charge in [0.2, 0.25) is 0 Å². The van der Waals surface area contributed by atoms with Crippen LogP contribution in [0.1, 0.15) is 46.8 Å². The molecule has 0 aromatic carbocycles. The molecule has 164 valence electrons. The number of thiophene rings is 1. The fourth-order valence-corrected chi connectivity index (χ4v) is 6.89. The maximum absolute atomic E-state index is 12.4. The highest BCUT2D eigenvalue weighted by molar-refractivity contribution is 7.24. The van der Waals surface area contributed by atoms with Gasteiger partial charge in [0.1, 0.15) is 0 Å². The molecule has 30 heavy (non-hydrogen) atoms. The molecule has 7 nitrogen and oxygen atoms in total. The Labute approximate surface area is 186 Å². The molecule has 4 rings (SSSR count). The third-order valence-corrected chi connectivity index (χ3v) is 8.67. The third kappa shape index (κ3) is 4.27. The number of aromatic carboxylic acids is 1. The standard InChI is InChI=1S/C21H31N5O2S2/c1-21(2)6-5-15-13(11-21)16(19(27)28)18(29-15)17-14(12-25(4)22)23-20(30-17)26-9-7-24(3)8-10-26/h5-12,22H2,1-4H3,(H,27,28). The van der Waals surface area contributed by atoms with E-state index in [1.165, 1.54) is 4.88 Å². The van der Waals surface area contributed by atoms with Crippen molar-refractivity contribution in [2.45, 2.75) is 39.7 Å². The summed E-state index contributed by atoms with van der Waals surface area (Å²) in [5, 5.41) is 12.7. The summed E-state index contributed by atoms with van der Waals surface area (Å²) in [6, 6.07) is 0. The number of anilines is 1. The van der Waals surface area contributed by atoms with Gasteiger partial charge in [-0.25, -0.2) is 14.8 Å². The van der Waals surface area contributed by atoms with Gasteiger partial charge >= 0.3 is 5.97 Å². The van der Waals surface area contributed by atoms with Crippen molar-refractivity contribution in [1.29, 1.82) is 0 Å². The lowest BCUT2D eigenvalue weighted by Gasteiger charge is -2.32. The van der Waals surface area contributed by atoms with Crippen molar-refractivity contribution in [3.05, 3.63) is 21.7 Å². The molecular formula is C21H31N5O2S2. The number of hydrazine groups is 1. The van der Waals surface area contributed by atoms with Gasteiger partial charge in [-0.15, -0.1) is 11.3 Å². The second-order valence-electron chi connectivity index (χ2n) is 9.33. The SMILES string of the molecule is CN(N)Cc1nc(N2CCN(C)CC2)sc1-c1sc2c(c1C(=O)O)CC(C)(C)CC2. The molecular weight excluding hydrogens is 418 g/mol. The van der Waals surface area contributed by atoms with E-state index >= 15 is 0 Å². The van der Waals surface area contributed by atoms with Crippen molar-refractivity contribution >= 4 is 33.8 Å². The van der Waals surface area contributed by atoms with Crippen molar-refractivity contribution in [2.75, 3.05) is 45.2 Å². The van der Waals surface area contributed by atoms with Crippen molar-refractivity contribution in [3.8, 4) is 9.75 Å². The normalized spacial score (nSPS) is 19.3. The Bertz CT molecular complexity index is 942. The molecule has 2 aromatic heterocycles. The van der Waals surface area contributed by atoms with Crippen LogP contribution in [0, 0.1) is 5.41 Å². The molecule has 0 unspecified atom stereocenters. The lowest BCUT2D eigenvalue weighted by molar-refractivity contribution is 0.0696. The Balaban J connectivity index is 1.79. The van der Waals surface area contributed by atoms with E-state index in [0.29, 0.717) is 12.1 Å². The lowest BCUT2D eigenvalue weighted by atomic mass is 9.76. The Morgan fingerprint density at radius 3 is 2.57 bits per heavy atom. The zero-order valence-corrected chi connectivity index (χ0v) is 19.8. The second-order valence-corrected chi connectivity index (χ2v) is 11.4. The van der Waals surface area contributed by atoms with E-state index in [-0.39, 0.29) is 5.41 Å². The van der Waals surface area contributed by atoms with E-state index in [1.54, 1.807) is 27.7 Å². The Kier molecular flexibility index (Phi) is 5.93. The minimum absolute atomic E-state index is 0.133. The van der Waals surface area contributed by atoms with Crippen molar-refractivity contribution in [2.24, 2.45) is 11.3 Å². The van der Waals surface area contributed by atoms with Gasteiger partial charge in [0, 0.05) is 38.1 Å². The number of carboxylic acids is 1. The minimum Gasteiger partial charge on any atom is -0.478 e. The molecule has 3 heterocycles. The number of nitrogens with zero attached hydrogens (tertiary/aromatic N) is 4. The number of hydrogen-bond acceptors (Lipinski definition) is 8. The lowest BCUT2D eigenvalue weighted by Crippen LogP contribution is -2.44. The van der Waals surface area contributed by atoms with Crippen LogP contribution in [0.2, 0.25) is 0 Å². The fourth-order valence-electron chi connectivity index (χ4n) is 4.30. The first-order chi connectivity index (χ1) is 14.1. The maximum Gasteiger partial charge on any atom is 0.337 e. The van der Waals surface area contributed by atoms with Gasteiger partial charge in [-0.05, 0) is 37.3 Å². The first-order valence-electron chi connectivity index (χ1n) is 10.4. The Morgan fingerprint density at radius 2 is 1.93 bits per heavy atom. The molecule has 1 fully saturated rings. The number of likely N-dealkylation sites (N-methyl/N-ethyl adjacent to an activating group) is 1. The van der Waals surface area contributed by atoms with Gasteiger partial charge in [0.15, 0.2) is 5.13 Å². The predicted molar refractivity (Wildman–Crippen MR) is 124 cm³/mol. The number of thiazole rings is 1. The molecule has 0 bridgehead atoms. The maximum atomic E-state index is 12.4. The van der Waals surface area contributed by atoms with Gasteiger partial charge in [-0.3, -0.25) is 5.84 Å². The number of carboxylic acid groups (broad SMARTS) is 1. The van der Waals surface area contributed by atoms with Gasteiger partial charge in [-0.1, -0.05) is 25.2 Å². The number of piperazine rings is 1. The van der Waals surface area contributed by atoms with Crippen LogP contribution in [0.5, 0.6) is 0 Å². The molecule has 0 atom stereocenters. The van der Waals surface area contributed by atoms with Gasteiger partial charge in [-0.2, -0.15) is 0 Å². The number of rotatable bonds is 5. The number of aryl methyl sites for hydroxylation is 1. The quantitative estimate of drug-likeness (QED) is 0.536. The highest BCUT2D eigenvalue weighted by Crippen LogP contribution is 2.48. The molecule has 0 radical (unpaired) electrons. The van der Waals surface area contributed by atoms with Gasteiger partial charge in [0.25, 0.3) is 0 Å². The molecule has 2 aliphatic rings. The topological polar surface area (TPSA) is 85.9 Å². The summed E-state index contributed by atoms with van der Waals surface area (Å²) in [7, 11) is 3.95. The summed E-state index contributed by atoms with van der Waals surface area (Å²) in [5.74, 6) is 5.14. The molecule has 3 N–H and O–H groups in total. The molecule has 9 heteroatoms. The monoisotopic (exact) mass is 449 g/mol. The number of aromatic nitrogens is 1. The van der Waals surface area contributed by atoms with Crippen LogP contribution in [0.15, 0.2) is 0 Å². The summed E-state index contributed by atoms with van der Waals surface area (Å²) in [5.41, 5.74) is 2.52.